The van der Waals surface area contributed by atoms with Gasteiger partial charge in [0.15, 0.2) is 0 Å². The number of halogens is 10. The van der Waals surface area contributed by atoms with Crippen molar-refractivity contribution in [1.29, 1.82) is 0 Å². The Labute approximate surface area is 598 Å². The van der Waals surface area contributed by atoms with E-state index in [9.17, 15) is 59.8 Å². The minimum Gasteiger partial charge on any atom is -0.465 e. The van der Waals surface area contributed by atoms with Gasteiger partial charge in [0.25, 0.3) is 11.8 Å². The summed E-state index contributed by atoms with van der Waals surface area (Å²) < 4.78 is 110. The molecule has 3 heterocycles. The number of unbranched alkanes of at least 4 members (excludes halogenated alkanes) is 2. The molecule has 6 aromatic rings. The van der Waals surface area contributed by atoms with Gasteiger partial charge in [0, 0.05) is 114 Å². The Bertz CT molecular complexity index is 3680. The second-order valence-electron chi connectivity index (χ2n) is 26.1. The van der Waals surface area contributed by atoms with Crippen LogP contribution < -0.4 is 10.2 Å². The Balaban J connectivity index is 0.00000468. The van der Waals surface area contributed by atoms with E-state index in [0.29, 0.717) is 126 Å². The highest BCUT2D eigenvalue weighted by Gasteiger charge is 2.50. The zero-order valence-corrected chi connectivity index (χ0v) is 58.7. The second kappa shape index (κ2) is 35.4. The molecule has 542 valence electrons. The number of nitrogens with zero attached hydrogens (tertiary/aromatic N) is 7. The van der Waals surface area contributed by atoms with E-state index in [1.165, 1.54) is 29.2 Å². The first-order chi connectivity index (χ1) is 46.4. The fourth-order valence-electron chi connectivity index (χ4n) is 14.1. The van der Waals surface area contributed by atoms with Crippen LogP contribution in [0.25, 0.3) is 11.1 Å². The number of rotatable bonds is 26. The number of hydrogen-bond acceptors (Lipinski definition) is 10. The topological polar surface area (TPSA) is 159 Å². The molecule has 3 aliphatic heterocycles. The molecule has 1 spiro atoms. The van der Waals surface area contributed by atoms with E-state index < -0.39 is 64.6 Å². The van der Waals surface area contributed by atoms with Crippen LogP contribution in [0.4, 0.5) is 46.9 Å². The lowest BCUT2D eigenvalue weighted by Crippen LogP contribution is -2.50. The van der Waals surface area contributed by atoms with Gasteiger partial charge >= 0.3 is 18.4 Å². The van der Waals surface area contributed by atoms with E-state index in [0.717, 1.165) is 65.2 Å². The third-order valence-corrected chi connectivity index (χ3v) is 19.8. The first kappa shape index (κ1) is 79.8. The Morgan fingerprint density at radius 3 is 1.96 bits per heavy atom. The first-order valence-corrected chi connectivity index (χ1v) is 33.3. The summed E-state index contributed by atoms with van der Waals surface area (Å²) in [6.45, 7) is 5.06. The number of carbonyl (C=O) groups excluding carboxylic acids is 4. The second-order valence-corrected chi connectivity index (χ2v) is 26.1. The zero-order chi connectivity index (χ0) is 69.1. The van der Waals surface area contributed by atoms with Crippen molar-refractivity contribution >= 4 is 78.3 Å². The van der Waals surface area contributed by atoms with E-state index in [2.05, 4.69) is 27.2 Å². The number of likely N-dealkylation sites (tertiary alicyclic amines) is 2. The van der Waals surface area contributed by atoms with Crippen LogP contribution in [-0.2, 0) is 48.9 Å². The van der Waals surface area contributed by atoms with Gasteiger partial charge in [-0.05, 0) is 148 Å². The summed E-state index contributed by atoms with van der Waals surface area (Å²) >= 11 is 0. The van der Waals surface area contributed by atoms with Crippen LogP contribution in [0, 0.1) is 5.82 Å². The standard InChI is InChI=1S/C74H85F7N8O8.3ClH/c1-83(35-15-36-85(3)68(92)54-19-14-20-60(46-54)82-34-13-5-8-24-66(90)84(2)42-43-86-37-29-61(30-38-86)89(70(94)95)64-23-12-10-21-62(64)52-16-6-4-7-17-52)67(91)49-96-65-47-53-18-9-11-22-63(53)71(65)31-39-87(40-32-71)41-33-72(56-25-27-59(75)28-26-56)50-88(51-97-72)69(93)55-44-57(73(76,77)78)48-58(45-55)74(79,80)81;;;/h4,6-7,9-12,14,16-23,25-28,44-46,48,61,65,82H,5,8,13,15,24,29-43,47,49-51H2,1-3H3,(H,94,95);3*1H/t65-,72+;;;/m0.../s1. The summed E-state index contributed by atoms with van der Waals surface area (Å²) in [6.07, 6.45) is -4.59. The van der Waals surface area contributed by atoms with E-state index in [1.807, 2.05) is 92.0 Å². The molecule has 0 radical (unpaired) electrons. The predicted molar refractivity (Wildman–Crippen MR) is 377 cm³/mol. The number of piperidine rings is 2. The number of anilines is 2. The molecule has 2 N–H and O–H groups in total. The molecule has 100 heavy (non-hydrogen) atoms. The molecule has 5 amide bonds. The van der Waals surface area contributed by atoms with Gasteiger partial charge in [-0.25, -0.2) is 9.18 Å². The Kier molecular flexibility index (Phi) is 28.2. The maximum atomic E-state index is 14.3. The van der Waals surface area contributed by atoms with Gasteiger partial charge in [-0.1, -0.05) is 97.4 Å². The number of hydrogen-bond donors (Lipinski definition) is 2. The summed E-state index contributed by atoms with van der Waals surface area (Å²) in [5.41, 5.74) is 0.973. The van der Waals surface area contributed by atoms with E-state index in [4.69, 9.17) is 9.47 Å². The fourth-order valence-corrected chi connectivity index (χ4v) is 14.1. The maximum absolute atomic E-state index is 14.3. The number of carbonyl (C=O) groups is 5. The average molecular weight is 1460 g/mol. The average Bonchev–Trinajstić information content (AvgIpc) is 1.58. The molecule has 6 aromatic carbocycles. The molecule has 3 fully saturated rings. The summed E-state index contributed by atoms with van der Waals surface area (Å²) in [6, 6.07) is 39.0. The lowest BCUT2D eigenvalue weighted by Gasteiger charge is -2.44. The SMILES string of the molecule is CN(CCN1CCC(N(C(=O)O)c2ccccc2-c2ccccc2)CC1)C(=O)CCCCCNc1cccc(C(=O)N(C)CCCN(C)C(=O)CO[C@H]2Cc3ccccc3C23CCN(CC[C@]2(c4ccc(F)cc4)CN(C(=O)c4cc(C(F)(F)F)cc(C(F)(F)F)c4)CO2)CC3)c1.Cl.Cl.Cl. The van der Waals surface area contributed by atoms with Gasteiger partial charge in [-0.2, -0.15) is 26.3 Å². The van der Waals surface area contributed by atoms with Crippen LogP contribution in [-0.4, -0.2) is 183 Å². The summed E-state index contributed by atoms with van der Waals surface area (Å²) in [4.78, 5) is 79.0. The van der Waals surface area contributed by atoms with Crippen molar-refractivity contribution in [3.8, 4) is 11.1 Å². The summed E-state index contributed by atoms with van der Waals surface area (Å²) in [7, 11) is 5.29. The monoisotopic (exact) mass is 1450 g/mol. The Morgan fingerprint density at radius 2 is 1.28 bits per heavy atom. The quantitative estimate of drug-likeness (QED) is 0.0393. The summed E-state index contributed by atoms with van der Waals surface area (Å²) in [5.74, 6) is -1.87. The normalized spacial score (nSPS) is 17.7. The van der Waals surface area contributed by atoms with Gasteiger partial charge in [0.2, 0.25) is 11.8 Å². The van der Waals surface area contributed by atoms with Crippen LogP contribution in [0.3, 0.4) is 0 Å². The van der Waals surface area contributed by atoms with Crippen LogP contribution in [0.5, 0.6) is 0 Å². The molecule has 26 heteroatoms. The zero-order valence-electron chi connectivity index (χ0n) is 56.3. The number of para-hydroxylation sites is 1. The predicted octanol–water partition coefficient (Wildman–Crippen LogP) is 14.2. The van der Waals surface area contributed by atoms with Crippen molar-refractivity contribution < 1.29 is 69.3 Å². The van der Waals surface area contributed by atoms with Crippen molar-refractivity contribution in [2.24, 2.45) is 0 Å². The van der Waals surface area contributed by atoms with E-state index >= 15 is 0 Å². The van der Waals surface area contributed by atoms with Gasteiger partial charge < -0.3 is 49.3 Å². The number of likely N-dealkylation sites (N-methyl/N-ethyl adjacent to an activating group) is 2. The maximum Gasteiger partial charge on any atom is 0.416 e. The van der Waals surface area contributed by atoms with Gasteiger partial charge in [-0.3, -0.25) is 24.1 Å². The molecule has 1 aliphatic carbocycles. The van der Waals surface area contributed by atoms with Crippen LogP contribution in [0.15, 0.2) is 146 Å². The van der Waals surface area contributed by atoms with Gasteiger partial charge in [0.1, 0.15) is 24.8 Å². The molecule has 10 rings (SSSR count). The minimum atomic E-state index is -5.15. The highest BCUT2D eigenvalue weighted by molar-refractivity contribution is 5.96. The fraction of sp³-hybridized carbons (Fsp3) is 0.446. The largest absolute Gasteiger partial charge is 0.465 e. The molecule has 16 nitrogen and oxygen atoms in total. The summed E-state index contributed by atoms with van der Waals surface area (Å²) in [5, 5.41) is 13.8. The van der Waals surface area contributed by atoms with Crippen molar-refractivity contribution in [2.75, 3.05) is 117 Å². The van der Waals surface area contributed by atoms with Crippen LogP contribution in [0.2, 0.25) is 0 Å². The van der Waals surface area contributed by atoms with E-state index in [1.54, 1.807) is 34.9 Å². The number of carboxylic acid groups (broad SMARTS) is 1. The molecule has 3 saturated heterocycles. The number of alkyl halides is 6. The van der Waals surface area contributed by atoms with Crippen LogP contribution >= 0.6 is 37.2 Å². The highest BCUT2D eigenvalue weighted by atomic mass is 35.5. The lowest BCUT2D eigenvalue weighted by molar-refractivity contribution is -0.143. The third-order valence-electron chi connectivity index (χ3n) is 19.8. The van der Waals surface area contributed by atoms with Crippen molar-refractivity contribution in [3.63, 3.8) is 0 Å². The number of benzene rings is 6. The van der Waals surface area contributed by atoms with Gasteiger partial charge in [-0.15, -0.1) is 37.2 Å². The first-order valence-electron chi connectivity index (χ1n) is 33.3. The molecular weight excluding hydrogens is 1370 g/mol. The van der Waals surface area contributed by atoms with Crippen LogP contribution in [0.1, 0.15) is 113 Å². The number of ether oxygens (including phenoxy) is 2. The molecule has 0 unspecified atom stereocenters. The number of fused-ring (bicyclic) bond motifs is 2. The third kappa shape index (κ3) is 19.6. The Hall–Kier alpha value is -7.51. The highest BCUT2D eigenvalue weighted by Crippen LogP contribution is 2.49. The number of amides is 5. The molecule has 2 atom stereocenters. The molecule has 0 aromatic heterocycles. The molecule has 0 bridgehead atoms. The van der Waals surface area contributed by atoms with E-state index in [-0.39, 0.29) is 92.7 Å². The van der Waals surface area contributed by atoms with Crippen molar-refractivity contribution in [1.82, 2.24) is 29.4 Å². The lowest BCUT2D eigenvalue weighted by atomic mass is 9.72. The smallest absolute Gasteiger partial charge is 0.416 e. The molecular formula is C74H88Cl3F7N8O8. The number of nitrogens with one attached hydrogen (secondary N) is 1. The van der Waals surface area contributed by atoms with Gasteiger partial charge in [0.05, 0.1) is 29.5 Å². The van der Waals surface area contributed by atoms with Crippen molar-refractivity contribution in [3.05, 3.63) is 190 Å². The molecule has 0 saturated carbocycles. The Morgan fingerprint density at radius 1 is 0.650 bits per heavy atom. The molecule has 4 aliphatic rings. The van der Waals surface area contributed by atoms with Crippen molar-refractivity contribution in [2.45, 2.75) is 106 Å². The minimum absolute atomic E-state index is 0.